The van der Waals surface area contributed by atoms with Gasteiger partial charge in [0.15, 0.2) is 0 Å². The summed E-state index contributed by atoms with van der Waals surface area (Å²) in [5.41, 5.74) is 3.14. The third-order valence-corrected chi connectivity index (χ3v) is 1.67. The Morgan fingerprint density at radius 3 is 1.80 bits per heavy atom. The molecule has 4 heteroatoms. The van der Waals surface area contributed by atoms with E-state index in [4.69, 9.17) is 0 Å². The van der Waals surface area contributed by atoms with Crippen molar-refractivity contribution in [2.45, 2.75) is 19.3 Å². The van der Waals surface area contributed by atoms with Gasteiger partial charge in [0, 0.05) is 13.1 Å². The summed E-state index contributed by atoms with van der Waals surface area (Å²) in [7, 11) is 1.99. The Labute approximate surface area is 75.1 Å². The van der Waals surface area contributed by atoms with Crippen LogP contribution in [0.15, 0.2) is 0 Å². The molecule has 0 aromatic carbocycles. The lowest BCUT2D eigenvalue weighted by molar-refractivity contribution is 0.171. The smallest absolute Gasteiger partial charge is 0.0130 e. The minimum atomic E-state index is 0. The Balaban J connectivity index is 0. The maximum Gasteiger partial charge on any atom is 0.0130 e. The molecule has 0 saturated carbocycles. The first-order valence-corrected chi connectivity index (χ1v) is 3.36. The Morgan fingerprint density at radius 2 is 1.50 bits per heavy atom. The van der Waals surface area contributed by atoms with Gasteiger partial charge in [-0.15, -0.1) is 24.8 Å². The van der Waals surface area contributed by atoms with Crippen LogP contribution >= 0.6 is 24.8 Å². The largest absolute Gasteiger partial charge is 0.258 e. The molecule has 1 N–H and O–H groups in total. The number of nitrogens with one attached hydrogen (secondary N) is 1. The van der Waals surface area contributed by atoms with Gasteiger partial charge < -0.3 is 0 Å². The van der Waals surface area contributed by atoms with Crippen molar-refractivity contribution in [3.8, 4) is 0 Å². The monoisotopic (exact) mass is 186 g/mol. The molecule has 1 rings (SSSR count). The van der Waals surface area contributed by atoms with Crippen LogP contribution in [0.25, 0.3) is 0 Å². The zero-order valence-corrected chi connectivity index (χ0v) is 7.93. The topological polar surface area (TPSA) is 15.3 Å². The van der Waals surface area contributed by atoms with E-state index in [1.807, 2.05) is 7.05 Å². The molecule has 1 heterocycles. The van der Waals surface area contributed by atoms with E-state index in [2.05, 4.69) is 10.4 Å². The molecule has 0 aromatic heterocycles. The quantitative estimate of drug-likeness (QED) is 0.668. The van der Waals surface area contributed by atoms with E-state index >= 15 is 0 Å². The minimum Gasteiger partial charge on any atom is -0.258 e. The van der Waals surface area contributed by atoms with Crippen molar-refractivity contribution in [2.24, 2.45) is 0 Å². The fourth-order valence-corrected chi connectivity index (χ4v) is 1.12. The van der Waals surface area contributed by atoms with Gasteiger partial charge in [-0.1, -0.05) is 6.42 Å². The first-order valence-electron chi connectivity index (χ1n) is 3.36. The van der Waals surface area contributed by atoms with Crippen LogP contribution in [0.2, 0.25) is 0 Å². The van der Waals surface area contributed by atoms with Crippen molar-refractivity contribution in [2.75, 3.05) is 20.1 Å². The highest BCUT2D eigenvalue weighted by Crippen LogP contribution is 2.04. The summed E-state index contributed by atoms with van der Waals surface area (Å²) in [6.45, 7) is 2.47. The van der Waals surface area contributed by atoms with Crippen molar-refractivity contribution >= 4 is 24.8 Å². The Kier molecular flexibility index (Phi) is 9.97. The standard InChI is InChI=1S/C6H14N2.2ClH/c1-7-8-5-3-2-4-6-8;;/h7H,2-6H2,1H3;2*1H. The van der Waals surface area contributed by atoms with E-state index in [0.29, 0.717) is 0 Å². The summed E-state index contributed by atoms with van der Waals surface area (Å²) in [4.78, 5) is 0. The van der Waals surface area contributed by atoms with Crippen LogP contribution in [-0.2, 0) is 0 Å². The number of hydrogen-bond donors (Lipinski definition) is 1. The molecule has 1 fully saturated rings. The van der Waals surface area contributed by atoms with Crippen LogP contribution in [0.5, 0.6) is 0 Å². The average Bonchev–Trinajstić information content (AvgIpc) is 1.90. The Morgan fingerprint density at radius 1 is 1.00 bits per heavy atom. The summed E-state index contributed by atoms with van der Waals surface area (Å²) in [5.74, 6) is 0. The Hall–Kier alpha value is 0.500. The maximum atomic E-state index is 3.14. The second-order valence-electron chi connectivity index (χ2n) is 2.27. The van der Waals surface area contributed by atoms with Crippen LogP contribution in [-0.4, -0.2) is 25.1 Å². The van der Waals surface area contributed by atoms with Gasteiger partial charge >= 0.3 is 0 Å². The Bertz CT molecular complexity index is 64.8. The van der Waals surface area contributed by atoms with Crippen molar-refractivity contribution < 1.29 is 0 Å². The van der Waals surface area contributed by atoms with Crippen LogP contribution in [0.4, 0.5) is 0 Å². The zero-order chi connectivity index (χ0) is 5.82. The molecule has 10 heavy (non-hydrogen) atoms. The van der Waals surface area contributed by atoms with Crippen molar-refractivity contribution in [3.63, 3.8) is 0 Å². The predicted octanol–water partition coefficient (Wildman–Crippen LogP) is 1.45. The SMILES string of the molecule is CNN1CCCCC1.Cl.Cl. The number of piperidine rings is 1. The summed E-state index contributed by atoms with van der Waals surface area (Å²) in [6, 6.07) is 0. The van der Waals surface area contributed by atoms with E-state index < -0.39 is 0 Å². The molecule has 0 radical (unpaired) electrons. The van der Waals surface area contributed by atoms with Gasteiger partial charge in [0.05, 0.1) is 0 Å². The summed E-state index contributed by atoms with van der Waals surface area (Å²) in [6.07, 6.45) is 4.14. The zero-order valence-electron chi connectivity index (χ0n) is 6.30. The second kappa shape index (κ2) is 7.61. The second-order valence-corrected chi connectivity index (χ2v) is 2.27. The first kappa shape index (κ1) is 13.1. The van der Waals surface area contributed by atoms with Gasteiger partial charge in [0.2, 0.25) is 0 Å². The molecular formula is C6H16Cl2N2. The van der Waals surface area contributed by atoms with E-state index in [1.54, 1.807) is 0 Å². The van der Waals surface area contributed by atoms with Crippen molar-refractivity contribution in [1.29, 1.82) is 0 Å². The van der Waals surface area contributed by atoms with Crippen LogP contribution < -0.4 is 5.43 Å². The molecule has 0 unspecified atom stereocenters. The van der Waals surface area contributed by atoms with E-state index in [0.717, 1.165) is 0 Å². The fraction of sp³-hybridized carbons (Fsp3) is 1.00. The number of nitrogens with zero attached hydrogens (tertiary/aromatic N) is 1. The van der Waals surface area contributed by atoms with Crippen molar-refractivity contribution in [1.82, 2.24) is 10.4 Å². The highest BCUT2D eigenvalue weighted by Gasteiger charge is 2.05. The lowest BCUT2D eigenvalue weighted by Crippen LogP contribution is -2.38. The molecule has 2 nitrogen and oxygen atoms in total. The molecule has 0 atom stereocenters. The highest BCUT2D eigenvalue weighted by molar-refractivity contribution is 5.85. The van der Waals surface area contributed by atoms with E-state index in [9.17, 15) is 0 Å². The molecule has 0 spiro atoms. The maximum absolute atomic E-state index is 3.14. The average molecular weight is 187 g/mol. The van der Waals surface area contributed by atoms with Gasteiger partial charge in [-0.25, -0.2) is 5.01 Å². The van der Waals surface area contributed by atoms with Gasteiger partial charge in [0.25, 0.3) is 0 Å². The summed E-state index contributed by atoms with van der Waals surface area (Å²) in [5, 5.41) is 2.27. The first-order chi connectivity index (χ1) is 3.93. The third kappa shape index (κ3) is 4.34. The highest BCUT2D eigenvalue weighted by atomic mass is 35.5. The molecule has 0 amide bonds. The summed E-state index contributed by atoms with van der Waals surface area (Å²) >= 11 is 0. The summed E-state index contributed by atoms with van der Waals surface area (Å²) < 4.78 is 0. The normalized spacial score (nSPS) is 18.9. The fourth-order valence-electron chi connectivity index (χ4n) is 1.12. The lowest BCUT2D eigenvalue weighted by Gasteiger charge is -2.24. The number of hydrazine groups is 1. The molecular weight excluding hydrogens is 171 g/mol. The van der Waals surface area contributed by atoms with Crippen LogP contribution in [0, 0.1) is 0 Å². The number of hydrogen-bond acceptors (Lipinski definition) is 2. The van der Waals surface area contributed by atoms with Gasteiger partial charge in [-0.3, -0.25) is 5.43 Å². The molecule has 0 aromatic rings. The molecule has 0 bridgehead atoms. The molecule has 1 aliphatic heterocycles. The predicted molar refractivity (Wildman–Crippen MR) is 49.0 cm³/mol. The number of halogens is 2. The molecule has 0 aliphatic carbocycles. The molecule has 64 valence electrons. The van der Waals surface area contributed by atoms with Gasteiger partial charge in [0.1, 0.15) is 0 Å². The van der Waals surface area contributed by atoms with Crippen LogP contribution in [0.3, 0.4) is 0 Å². The van der Waals surface area contributed by atoms with Gasteiger partial charge in [-0.05, 0) is 19.9 Å². The van der Waals surface area contributed by atoms with Crippen molar-refractivity contribution in [3.05, 3.63) is 0 Å². The lowest BCUT2D eigenvalue weighted by atomic mass is 10.2. The molecule has 1 saturated heterocycles. The third-order valence-electron chi connectivity index (χ3n) is 1.67. The number of rotatable bonds is 1. The van der Waals surface area contributed by atoms with Gasteiger partial charge in [-0.2, -0.15) is 0 Å². The molecule has 1 aliphatic rings. The van der Waals surface area contributed by atoms with Crippen LogP contribution in [0.1, 0.15) is 19.3 Å². The van der Waals surface area contributed by atoms with E-state index in [1.165, 1.54) is 32.4 Å². The van der Waals surface area contributed by atoms with E-state index in [-0.39, 0.29) is 24.8 Å². The minimum absolute atomic E-state index is 0.